The first-order valence-electron chi connectivity index (χ1n) is 5.68. The van der Waals surface area contributed by atoms with Gasteiger partial charge in [0.05, 0.1) is 14.9 Å². The molecule has 0 spiro atoms. The van der Waals surface area contributed by atoms with E-state index in [0.717, 1.165) is 0 Å². The molecule has 2 aromatic carbocycles. The van der Waals surface area contributed by atoms with Gasteiger partial charge in [0.15, 0.2) is 0 Å². The van der Waals surface area contributed by atoms with E-state index in [1.54, 1.807) is 18.2 Å². The Hall–Kier alpha value is -0.490. The van der Waals surface area contributed by atoms with Crippen LogP contribution in [-0.4, -0.2) is 8.42 Å². The second kappa shape index (κ2) is 6.73. The van der Waals surface area contributed by atoms with Gasteiger partial charge in [-0.3, -0.25) is 0 Å². The fourth-order valence-corrected chi connectivity index (χ4v) is 3.35. The van der Waals surface area contributed by atoms with Gasteiger partial charge >= 0.3 is 0 Å². The predicted molar refractivity (Wildman–Crippen MR) is 86.9 cm³/mol. The van der Waals surface area contributed by atoms with Crippen molar-refractivity contribution in [3.05, 3.63) is 62.1 Å². The van der Waals surface area contributed by atoms with Gasteiger partial charge in [0.2, 0.25) is 10.0 Å². The van der Waals surface area contributed by atoms with E-state index in [0.29, 0.717) is 15.6 Å². The molecule has 0 fully saturated rings. The van der Waals surface area contributed by atoms with Crippen molar-refractivity contribution >= 4 is 56.4 Å². The molecular formula is C13H9Cl4NO2S. The van der Waals surface area contributed by atoms with Crippen molar-refractivity contribution in [1.82, 2.24) is 4.72 Å². The van der Waals surface area contributed by atoms with Crippen molar-refractivity contribution in [3.8, 4) is 0 Å². The number of rotatable bonds is 4. The molecule has 3 nitrogen and oxygen atoms in total. The van der Waals surface area contributed by atoms with Gasteiger partial charge in [0.25, 0.3) is 0 Å². The third-order valence-electron chi connectivity index (χ3n) is 2.66. The average molecular weight is 385 g/mol. The summed E-state index contributed by atoms with van der Waals surface area (Å²) in [6, 6.07) is 8.90. The Morgan fingerprint density at radius 1 is 0.857 bits per heavy atom. The van der Waals surface area contributed by atoms with Gasteiger partial charge in [-0.1, -0.05) is 46.4 Å². The van der Waals surface area contributed by atoms with Crippen molar-refractivity contribution in [3.63, 3.8) is 0 Å². The quantitative estimate of drug-likeness (QED) is 0.824. The second-order valence-electron chi connectivity index (χ2n) is 4.14. The van der Waals surface area contributed by atoms with Crippen LogP contribution in [-0.2, 0) is 16.6 Å². The lowest BCUT2D eigenvalue weighted by Crippen LogP contribution is -2.23. The second-order valence-corrected chi connectivity index (χ2v) is 7.56. The predicted octanol–water partition coefficient (Wildman–Crippen LogP) is 4.78. The van der Waals surface area contributed by atoms with Crippen LogP contribution in [0.15, 0.2) is 41.3 Å². The van der Waals surface area contributed by atoms with Crippen LogP contribution in [0.2, 0.25) is 20.1 Å². The Balaban J connectivity index is 2.21. The third-order valence-corrected chi connectivity index (χ3v) is 5.40. The molecule has 2 aromatic rings. The molecule has 0 unspecified atom stereocenters. The van der Waals surface area contributed by atoms with Crippen LogP contribution in [0, 0.1) is 0 Å². The molecule has 0 aliphatic heterocycles. The van der Waals surface area contributed by atoms with Gasteiger partial charge < -0.3 is 0 Å². The van der Waals surface area contributed by atoms with Crippen LogP contribution < -0.4 is 4.72 Å². The Bertz CT molecular complexity index is 778. The van der Waals surface area contributed by atoms with Gasteiger partial charge in [0, 0.05) is 16.6 Å². The summed E-state index contributed by atoms with van der Waals surface area (Å²) in [4.78, 5) is 0.0232. The lowest BCUT2D eigenvalue weighted by atomic mass is 10.2. The average Bonchev–Trinajstić information content (AvgIpc) is 2.43. The Morgan fingerprint density at radius 2 is 1.52 bits per heavy atom. The van der Waals surface area contributed by atoms with Gasteiger partial charge in [-0.2, -0.15) is 0 Å². The number of halogens is 4. The molecule has 0 saturated heterocycles. The van der Waals surface area contributed by atoms with E-state index < -0.39 is 10.0 Å². The Morgan fingerprint density at radius 3 is 2.19 bits per heavy atom. The lowest BCUT2D eigenvalue weighted by molar-refractivity contribution is 0.581. The maximum atomic E-state index is 12.2. The largest absolute Gasteiger partial charge is 0.240 e. The van der Waals surface area contributed by atoms with Crippen LogP contribution >= 0.6 is 46.4 Å². The number of hydrogen-bond acceptors (Lipinski definition) is 2. The van der Waals surface area contributed by atoms with E-state index >= 15 is 0 Å². The van der Waals surface area contributed by atoms with Crippen molar-refractivity contribution in [2.75, 3.05) is 0 Å². The molecule has 0 atom stereocenters. The number of hydrogen-bond donors (Lipinski definition) is 1. The monoisotopic (exact) mass is 383 g/mol. The fraction of sp³-hybridized carbons (Fsp3) is 0.0769. The normalized spacial score (nSPS) is 11.6. The van der Waals surface area contributed by atoms with E-state index in [1.165, 1.54) is 18.2 Å². The highest BCUT2D eigenvalue weighted by Crippen LogP contribution is 2.25. The summed E-state index contributed by atoms with van der Waals surface area (Å²) in [7, 11) is -3.72. The summed E-state index contributed by atoms with van der Waals surface area (Å²) >= 11 is 23.4. The maximum absolute atomic E-state index is 12.2. The van der Waals surface area contributed by atoms with E-state index in [4.69, 9.17) is 46.4 Å². The number of sulfonamides is 1. The van der Waals surface area contributed by atoms with Crippen molar-refractivity contribution in [2.24, 2.45) is 0 Å². The minimum Gasteiger partial charge on any atom is -0.207 e. The highest BCUT2D eigenvalue weighted by atomic mass is 35.5. The first kappa shape index (κ1) is 16.9. The van der Waals surface area contributed by atoms with Crippen molar-refractivity contribution in [2.45, 2.75) is 11.4 Å². The molecule has 0 heterocycles. The van der Waals surface area contributed by atoms with E-state index in [2.05, 4.69) is 4.72 Å². The van der Waals surface area contributed by atoms with Gasteiger partial charge in [-0.25, -0.2) is 13.1 Å². The summed E-state index contributed by atoms with van der Waals surface area (Å²) in [6.45, 7) is 0.0158. The summed E-state index contributed by atoms with van der Waals surface area (Å²) in [5.41, 5.74) is 0.577. The molecule has 0 amide bonds. The molecular weight excluding hydrogens is 376 g/mol. The third kappa shape index (κ3) is 4.25. The Kier molecular flexibility index (Phi) is 5.41. The minimum atomic E-state index is -3.72. The van der Waals surface area contributed by atoms with Crippen LogP contribution in [0.3, 0.4) is 0 Å². The molecule has 0 saturated carbocycles. The lowest BCUT2D eigenvalue weighted by Gasteiger charge is -2.09. The van der Waals surface area contributed by atoms with Crippen molar-refractivity contribution in [1.29, 1.82) is 0 Å². The molecule has 1 N–H and O–H groups in total. The highest BCUT2D eigenvalue weighted by Gasteiger charge is 2.16. The van der Waals surface area contributed by atoms with Gasteiger partial charge in [0.1, 0.15) is 0 Å². The molecule has 0 aliphatic rings. The maximum Gasteiger partial charge on any atom is 0.240 e. The minimum absolute atomic E-state index is 0.0158. The van der Waals surface area contributed by atoms with Gasteiger partial charge in [-0.15, -0.1) is 0 Å². The first-order chi connectivity index (χ1) is 9.79. The smallest absolute Gasteiger partial charge is 0.207 e. The van der Waals surface area contributed by atoms with Gasteiger partial charge in [-0.05, 0) is 42.0 Å². The number of nitrogens with one attached hydrogen (secondary N) is 1. The molecule has 8 heteroatoms. The summed E-state index contributed by atoms with van der Waals surface area (Å²) in [5, 5.41) is 1.35. The van der Waals surface area contributed by atoms with E-state index in [-0.39, 0.29) is 21.5 Å². The Labute approximate surface area is 142 Å². The molecule has 2 rings (SSSR count). The van der Waals surface area contributed by atoms with Crippen LogP contribution in [0.4, 0.5) is 0 Å². The molecule has 0 aromatic heterocycles. The zero-order valence-corrected chi connectivity index (χ0v) is 14.2. The fourth-order valence-electron chi connectivity index (χ4n) is 1.58. The van der Waals surface area contributed by atoms with Crippen LogP contribution in [0.25, 0.3) is 0 Å². The molecule has 0 bridgehead atoms. The molecule has 112 valence electrons. The van der Waals surface area contributed by atoms with E-state index in [1.807, 2.05) is 0 Å². The van der Waals surface area contributed by atoms with Crippen LogP contribution in [0.5, 0.6) is 0 Å². The molecule has 21 heavy (non-hydrogen) atoms. The summed E-state index contributed by atoms with van der Waals surface area (Å²) in [6.07, 6.45) is 0. The summed E-state index contributed by atoms with van der Waals surface area (Å²) in [5.74, 6) is 0. The van der Waals surface area contributed by atoms with Crippen LogP contribution in [0.1, 0.15) is 5.56 Å². The summed E-state index contributed by atoms with van der Waals surface area (Å²) < 4.78 is 26.8. The standard InChI is InChI=1S/C13H9Cl4NO2S/c14-9-1-3-11(15)8(5-9)7-18-21(19,20)10-2-4-12(16)13(17)6-10/h1-6,18H,7H2. The number of benzene rings is 2. The highest BCUT2D eigenvalue weighted by molar-refractivity contribution is 7.89. The SMILES string of the molecule is O=S(=O)(NCc1cc(Cl)ccc1Cl)c1ccc(Cl)c(Cl)c1. The van der Waals surface area contributed by atoms with Crippen molar-refractivity contribution < 1.29 is 8.42 Å². The molecule has 0 radical (unpaired) electrons. The molecule has 0 aliphatic carbocycles. The zero-order valence-electron chi connectivity index (χ0n) is 10.4. The first-order valence-corrected chi connectivity index (χ1v) is 8.68. The topological polar surface area (TPSA) is 46.2 Å². The zero-order chi connectivity index (χ0) is 15.6. The van der Waals surface area contributed by atoms with E-state index in [9.17, 15) is 8.42 Å².